The molecule has 9 heavy (non-hydrogen) atoms. The first kappa shape index (κ1) is 6.55. The van der Waals surface area contributed by atoms with E-state index in [9.17, 15) is 4.79 Å². The molecule has 2 N–H and O–H groups in total. The zero-order valence-corrected chi connectivity index (χ0v) is 5.29. The van der Waals surface area contributed by atoms with Crippen LogP contribution in [0.2, 0.25) is 0 Å². The van der Waals surface area contributed by atoms with Crippen molar-refractivity contribution in [2.45, 2.75) is 25.4 Å². The monoisotopic (exact) mass is 130 g/mol. The summed E-state index contributed by atoms with van der Waals surface area (Å²) < 4.78 is 0. The second-order valence-corrected chi connectivity index (χ2v) is 2.94. The first-order chi connectivity index (χ1) is 4.01. The summed E-state index contributed by atoms with van der Waals surface area (Å²) in [7, 11) is 0. The van der Waals surface area contributed by atoms with Gasteiger partial charge in [-0.05, 0) is 19.8 Å². The van der Waals surface area contributed by atoms with Crippen LogP contribution in [-0.2, 0) is 4.79 Å². The lowest BCUT2D eigenvalue weighted by molar-refractivity contribution is -0.156. The van der Waals surface area contributed by atoms with Gasteiger partial charge in [-0.3, -0.25) is 4.79 Å². The molecular formula is C6H10O3. The maximum Gasteiger partial charge on any atom is 0.306 e. The predicted octanol–water partition coefficient (Wildman–Crippen LogP) is 0.232. The second kappa shape index (κ2) is 1.70. The molecule has 0 aromatic heterocycles. The smallest absolute Gasteiger partial charge is 0.306 e. The highest BCUT2D eigenvalue weighted by molar-refractivity contribution is 5.71. The molecule has 3 heteroatoms. The Morgan fingerprint density at radius 2 is 2.11 bits per heavy atom. The zero-order chi connectivity index (χ0) is 7.07. The van der Waals surface area contributed by atoms with Gasteiger partial charge in [0.15, 0.2) is 0 Å². The molecule has 0 saturated heterocycles. The summed E-state index contributed by atoms with van der Waals surface area (Å²) in [6.07, 6.45) is 0.810. The molecule has 0 spiro atoms. The minimum absolute atomic E-state index is 0.306. The van der Waals surface area contributed by atoms with E-state index in [1.54, 1.807) is 6.92 Å². The van der Waals surface area contributed by atoms with Gasteiger partial charge in [0, 0.05) is 0 Å². The van der Waals surface area contributed by atoms with Crippen LogP contribution in [0, 0.1) is 5.92 Å². The third-order valence-corrected chi connectivity index (χ3v) is 1.72. The Kier molecular flexibility index (Phi) is 1.24. The van der Waals surface area contributed by atoms with E-state index >= 15 is 0 Å². The van der Waals surface area contributed by atoms with Crippen molar-refractivity contribution in [3.05, 3.63) is 0 Å². The molecule has 0 bridgehead atoms. The normalized spacial score (nSPS) is 41.8. The van der Waals surface area contributed by atoms with E-state index in [0.29, 0.717) is 12.8 Å². The summed E-state index contributed by atoms with van der Waals surface area (Å²) in [5, 5.41) is 17.4. The van der Waals surface area contributed by atoms with Crippen LogP contribution in [0.4, 0.5) is 0 Å². The van der Waals surface area contributed by atoms with E-state index in [1.807, 2.05) is 0 Å². The summed E-state index contributed by atoms with van der Waals surface area (Å²) in [5.41, 5.74) is -0.705. The van der Waals surface area contributed by atoms with E-state index in [-0.39, 0.29) is 5.92 Å². The van der Waals surface area contributed by atoms with Gasteiger partial charge >= 0.3 is 5.97 Å². The number of rotatable bonds is 1. The highest BCUT2D eigenvalue weighted by atomic mass is 16.4. The van der Waals surface area contributed by atoms with Gasteiger partial charge in [-0.1, -0.05) is 0 Å². The standard InChI is InChI=1S/C6H10O3/c1-6(9)2-4(3-6)5(7)8/h4,9H,2-3H2,1H3,(H,7,8)/t4-,6-. The largest absolute Gasteiger partial charge is 0.481 e. The van der Waals surface area contributed by atoms with E-state index in [0.717, 1.165) is 0 Å². The SMILES string of the molecule is C[C@]1(O)C[C@H](C(=O)O)C1. The third kappa shape index (κ3) is 1.21. The molecule has 0 unspecified atom stereocenters. The van der Waals surface area contributed by atoms with Crippen molar-refractivity contribution in [1.82, 2.24) is 0 Å². The van der Waals surface area contributed by atoms with Crippen molar-refractivity contribution in [1.29, 1.82) is 0 Å². The number of aliphatic hydroxyl groups is 1. The van der Waals surface area contributed by atoms with E-state index in [1.165, 1.54) is 0 Å². The fourth-order valence-corrected chi connectivity index (χ4v) is 1.18. The van der Waals surface area contributed by atoms with Gasteiger partial charge in [-0.25, -0.2) is 0 Å². The fraction of sp³-hybridized carbons (Fsp3) is 0.833. The van der Waals surface area contributed by atoms with Crippen molar-refractivity contribution < 1.29 is 15.0 Å². The lowest BCUT2D eigenvalue weighted by Gasteiger charge is -2.38. The van der Waals surface area contributed by atoms with Crippen LogP contribution < -0.4 is 0 Å². The molecule has 0 aliphatic heterocycles. The average molecular weight is 130 g/mol. The number of carbonyl (C=O) groups is 1. The maximum absolute atomic E-state index is 10.2. The fourth-order valence-electron chi connectivity index (χ4n) is 1.18. The van der Waals surface area contributed by atoms with Crippen LogP contribution in [0.15, 0.2) is 0 Å². The number of hydrogen-bond donors (Lipinski definition) is 2. The molecule has 52 valence electrons. The van der Waals surface area contributed by atoms with Crippen LogP contribution in [-0.4, -0.2) is 21.8 Å². The van der Waals surface area contributed by atoms with Gasteiger partial charge in [0.25, 0.3) is 0 Å². The first-order valence-corrected chi connectivity index (χ1v) is 2.96. The van der Waals surface area contributed by atoms with E-state index < -0.39 is 11.6 Å². The molecule has 0 atom stereocenters. The van der Waals surface area contributed by atoms with Crippen LogP contribution >= 0.6 is 0 Å². The number of carboxylic acid groups (broad SMARTS) is 1. The molecule has 1 rings (SSSR count). The summed E-state index contributed by atoms with van der Waals surface area (Å²) >= 11 is 0. The quantitative estimate of drug-likeness (QED) is 0.534. The van der Waals surface area contributed by atoms with Crippen molar-refractivity contribution in [2.24, 2.45) is 5.92 Å². The summed E-state index contributed by atoms with van der Waals surface area (Å²) in [5.74, 6) is -1.10. The van der Waals surface area contributed by atoms with Gasteiger partial charge < -0.3 is 10.2 Å². The minimum Gasteiger partial charge on any atom is -0.481 e. The van der Waals surface area contributed by atoms with Crippen molar-refractivity contribution in [3.63, 3.8) is 0 Å². The van der Waals surface area contributed by atoms with Gasteiger partial charge in [-0.15, -0.1) is 0 Å². The highest BCUT2D eigenvalue weighted by Crippen LogP contribution is 2.36. The molecule has 0 amide bonds. The average Bonchev–Trinajstić information content (AvgIpc) is 1.59. The number of hydrogen-bond acceptors (Lipinski definition) is 2. The predicted molar refractivity (Wildman–Crippen MR) is 31.0 cm³/mol. The Hall–Kier alpha value is -0.570. The van der Waals surface area contributed by atoms with Gasteiger partial charge in [-0.2, -0.15) is 0 Å². The molecule has 0 heterocycles. The third-order valence-electron chi connectivity index (χ3n) is 1.72. The van der Waals surface area contributed by atoms with Crippen LogP contribution in [0.1, 0.15) is 19.8 Å². The highest BCUT2D eigenvalue weighted by Gasteiger charge is 2.42. The first-order valence-electron chi connectivity index (χ1n) is 2.96. The Morgan fingerprint density at radius 1 is 1.67 bits per heavy atom. The Labute approximate surface area is 53.3 Å². The summed E-state index contributed by atoms with van der Waals surface area (Å²) in [4.78, 5) is 10.2. The number of aliphatic carboxylic acids is 1. The molecule has 1 aliphatic carbocycles. The Bertz CT molecular complexity index is 131. The lowest BCUT2D eigenvalue weighted by atomic mass is 9.72. The van der Waals surface area contributed by atoms with Crippen molar-refractivity contribution >= 4 is 5.97 Å². The van der Waals surface area contributed by atoms with Crippen LogP contribution in [0.3, 0.4) is 0 Å². The minimum atomic E-state index is -0.790. The summed E-state index contributed by atoms with van der Waals surface area (Å²) in [6, 6.07) is 0. The lowest BCUT2D eigenvalue weighted by Crippen LogP contribution is -2.44. The molecule has 1 aliphatic rings. The molecular weight excluding hydrogens is 120 g/mol. The topological polar surface area (TPSA) is 57.5 Å². The van der Waals surface area contributed by atoms with Crippen molar-refractivity contribution in [2.75, 3.05) is 0 Å². The zero-order valence-electron chi connectivity index (χ0n) is 5.29. The van der Waals surface area contributed by atoms with Gasteiger partial charge in [0.05, 0.1) is 11.5 Å². The van der Waals surface area contributed by atoms with E-state index in [2.05, 4.69) is 0 Å². The molecule has 1 saturated carbocycles. The van der Waals surface area contributed by atoms with Crippen molar-refractivity contribution in [3.8, 4) is 0 Å². The molecule has 0 aromatic rings. The van der Waals surface area contributed by atoms with E-state index in [4.69, 9.17) is 10.2 Å². The second-order valence-electron chi connectivity index (χ2n) is 2.94. The molecule has 3 nitrogen and oxygen atoms in total. The van der Waals surface area contributed by atoms with Gasteiger partial charge in [0.2, 0.25) is 0 Å². The molecule has 1 fully saturated rings. The Morgan fingerprint density at radius 3 is 2.22 bits per heavy atom. The molecule has 0 aromatic carbocycles. The van der Waals surface area contributed by atoms with Gasteiger partial charge in [0.1, 0.15) is 0 Å². The van der Waals surface area contributed by atoms with Crippen LogP contribution in [0.25, 0.3) is 0 Å². The number of carboxylic acids is 1. The summed E-state index contributed by atoms with van der Waals surface area (Å²) in [6.45, 7) is 1.66. The maximum atomic E-state index is 10.2. The Balaban J connectivity index is 2.35. The molecule has 0 radical (unpaired) electrons. The van der Waals surface area contributed by atoms with Crippen LogP contribution in [0.5, 0.6) is 0 Å².